The van der Waals surface area contributed by atoms with Crippen molar-refractivity contribution in [3.8, 4) is 5.88 Å². The lowest BCUT2D eigenvalue weighted by atomic mass is 10.1. The average molecular weight is 371 g/mol. The second-order valence-electron chi connectivity index (χ2n) is 6.55. The molecule has 0 N–H and O–H groups in total. The fourth-order valence-corrected chi connectivity index (χ4v) is 4.03. The van der Waals surface area contributed by atoms with Crippen molar-refractivity contribution in [2.75, 3.05) is 18.1 Å². The highest BCUT2D eigenvalue weighted by atomic mass is 32.2. The minimum absolute atomic E-state index is 0.0257. The molecule has 1 amide bonds. The number of carbonyl (C=O) groups is 1. The van der Waals surface area contributed by atoms with Gasteiger partial charge in [0.25, 0.3) is 5.91 Å². The zero-order valence-electron chi connectivity index (χ0n) is 15.3. The summed E-state index contributed by atoms with van der Waals surface area (Å²) < 4.78 is 5.87. The molecule has 4 nitrogen and oxygen atoms in total. The van der Waals surface area contributed by atoms with Gasteiger partial charge in [-0.3, -0.25) is 4.79 Å². The van der Waals surface area contributed by atoms with Gasteiger partial charge >= 0.3 is 0 Å². The molecule has 0 aliphatic carbocycles. The lowest BCUT2D eigenvalue weighted by molar-refractivity contribution is 0.0740. The summed E-state index contributed by atoms with van der Waals surface area (Å²) in [6.07, 6.45) is 5.00. The number of ether oxygens (including phenoxy) is 1. The summed E-state index contributed by atoms with van der Waals surface area (Å²) in [4.78, 5) is 19.2. The summed E-state index contributed by atoms with van der Waals surface area (Å²) in [5.74, 6) is 2.80. The van der Waals surface area contributed by atoms with Crippen LogP contribution in [0.3, 0.4) is 0 Å². The molecule has 1 aromatic heterocycles. The molecule has 1 aliphatic heterocycles. The van der Waals surface area contributed by atoms with Gasteiger partial charge in [0.2, 0.25) is 5.88 Å². The molecule has 2 heterocycles. The van der Waals surface area contributed by atoms with Gasteiger partial charge in [-0.2, -0.15) is 11.8 Å². The third kappa shape index (κ3) is 5.24. The molecule has 3 rings (SSSR count). The van der Waals surface area contributed by atoms with E-state index < -0.39 is 0 Å². The minimum atomic E-state index is 0.0257. The first-order valence-corrected chi connectivity index (χ1v) is 10.5. The van der Waals surface area contributed by atoms with Crippen LogP contribution in [0, 0.1) is 0 Å². The predicted octanol–water partition coefficient (Wildman–Crippen LogP) is 4.41. The van der Waals surface area contributed by atoms with Crippen molar-refractivity contribution in [2.45, 2.75) is 38.8 Å². The fraction of sp³-hybridized carbons (Fsp3) is 0.429. The molecule has 1 aliphatic rings. The molecule has 1 fully saturated rings. The van der Waals surface area contributed by atoms with Gasteiger partial charge in [-0.25, -0.2) is 4.98 Å². The van der Waals surface area contributed by atoms with E-state index in [1.54, 1.807) is 6.20 Å². The lowest BCUT2D eigenvalue weighted by Crippen LogP contribution is -2.31. The van der Waals surface area contributed by atoms with Crippen LogP contribution in [0.5, 0.6) is 5.88 Å². The molecule has 26 heavy (non-hydrogen) atoms. The van der Waals surface area contributed by atoms with Crippen molar-refractivity contribution >= 4 is 17.7 Å². The summed E-state index contributed by atoms with van der Waals surface area (Å²) in [6.45, 7) is 3.51. The molecule has 0 radical (unpaired) electrons. The zero-order valence-corrected chi connectivity index (χ0v) is 16.1. The second-order valence-corrected chi connectivity index (χ2v) is 7.70. The van der Waals surface area contributed by atoms with E-state index >= 15 is 0 Å². The fourth-order valence-electron chi connectivity index (χ4n) is 2.94. The Morgan fingerprint density at radius 3 is 2.77 bits per heavy atom. The molecule has 2 aromatic rings. The highest BCUT2D eigenvalue weighted by Crippen LogP contribution is 2.22. The Labute approximate surface area is 160 Å². The van der Waals surface area contributed by atoms with Crippen LogP contribution < -0.4 is 4.74 Å². The van der Waals surface area contributed by atoms with Gasteiger partial charge in [-0.05, 0) is 30.2 Å². The van der Waals surface area contributed by atoms with Crippen molar-refractivity contribution in [3.05, 3.63) is 59.8 Å². The van der Waals surface area contributed by atoms with Crippen LogP contribution in [-0.4, -0.2) is 39.9 Å². The molecule has 1 aromatic carbocycles. The maximum absolute atomic E-state index is 13.0. The van der Waals surface area contributed by atoms with Gasteiger partial charge in [0, 0.05) is 31.1 Å². The zero-order chi connectivity index (χ0) is 18.2. The number of nitrogens with zero attached hydrogens (tertiary/aromatic N) is 2. The van der Waals surface area contributed by atoms with Crippen molar-refractivity contribution < 1.29 is 9.53 Å². The summed E-state index contributed by atoms with van der Waals surface area (Å²) in [5, 5.41) is 0. The molecule has 0 bridgehead atoms. The van der Waals surface area contributed by atoms with Crippen LogP contribution in [0.1, 0.15) is 42.1 Å². The van der Waals surface area contributed by atoms with E-state index in [0.29, 0.717) is 18.0 Å². The van der Waals surface area contributed by atoms with Gasteiger partial charge in [-0.15, -0.1) is 0 Å². The van der Waals surface area contributed by atoms with E-state index in [1.165, 1.54) is 0 Å². The highest BCUT2D eigenvalue weighted by Gasteiger charge is 2.19. The Kier molecular flexibility index (Phi) is 6.95. The molecular weight excluding hydrogens is 344 g/mol. The molecule has 1 atom stereocenters. The molecule has 1 unspecified atom stereocenters. The van der Waals surface area contributed by atoms with E-state index in [9.17, 15) is 4.79 Å². The number of hydrogen-bond acceptors (Lipinski definition) is 4. The number of thioether (sulfide) groups is 1. The lowest BCUT2D eigenvalue weighted by Gasteiger charge is -2.23. The summed E-state index contributed by atoms with van der Waals surface area (Å²) in [6, 6.07) is 13.8. The molecule has 0 spiro atoms. The Hall–Kier alpha value is -2.01. The Morgan fingerprint density at radius 2 is 2.12 bits per heavy atom. The van der Waals surface area contributed by atoms with Crippen LogP contribution in [0.15, 0.2) is 48.7 Å². The quantitative estimate of drug-likeness (QED) is 0.690. The van der Waals surface area contributed by atoms with E-state index in [4.69, 9.17) is 4.74 Å². The minimum Gasteiger partial charge on any atom is -0.473 e. The number of amides is 1. The summed E-state index contributed by atoms with van der Waals surface area (Å²) >= 11 is 1.91. The number of hydrogen-bond donors (Lipinski definition) is 0. The summed E-state index contributed by atoms with van der Waals surface area (Å²) in [7, 11) is 0. The highest BCUT2D eigenvalue weighted by molar-refractivity contribution is 7.99. The number of benzene rings is 1. The van der Waals surface area contributed by atoms with Crippen LogP contribution in [0.4, 0.5) is 0 Å². The number of carbonyl (C=O) groups excluding carboxylic acids is 1. The van der Waals surface area contributed by atoms with Gasteiger partial charge < -0.3 is 9.64 Å². The maximum atomic E-state index is 13.0. The predicted molar refractivity (Wildman–Crippen MR) is 107 cm³/mol. The number of rotatable bonds is 8. The van der Waals surface area contributed by atoms with Crippen molar-refractivity contribution in [3.63, 3.8) is 0 Å². The van der Waals surface area contributed by atoms with Crippen LogP contribution >= 0.6 is 11.8 Å². The molecule has 138 valence electrons. The number of unbranched alkanes of at least 4 members (excludes halogenated alkanes) is 1. The van der Waals surface area contributed by atoms with Gasteiger partial charge in [0.15, 0.2) is 0 Å². The van der Waals surface area contributed by atoms with Gasteiger partial charge in [0.05, 0.1) is 5.56 Å². The third-order valence-corrected chi connectivity index (χ3v) is 5.58. The third-order valence-electron chi connectivity index (χ3n) is 4.44. The van der Waals surface area contributed by atoms with Crippen LogP contribution in [0.2, 0.25) is 0 Å². The average Bonchev–Trinajstić information content (AvgIpc) is 3.19. The topological polar surface area (TPSA) is 42.4 Å². The molecular formula is C21H26N2O2S. The first-order chi connectivity index (χ1) is 12.8. The first kappa shape index (κ1) is 18.8. The van der Waals surface area contributed by atoms with E-state index in [-0.39, 0.29) is 12.0 Å². The smallest absolute Gasteiger partial charge is 0.255 e. The Bertz CT molecular complexity index is 685. The van der Waals surface area contributed by atoms with Crippen molar-refractivity contribution in [1.82, 2.24) is 9.88 Å². The van der Waals surface area contributed by atoms with Crippen LogP contribution in [-0.2, 0) is 6.54 Å². The monoisotopic (exact) mass is 370 g/mol. The Morgan fingerprint density at radius 1 is 1.27 bits per heavy atom. The molecule has 1 saturated heterocycles. The van der Waals surface area contributed by atoms with Gasteiger partial charge in [0.1, 0.15) is 6.10 Å². The van der Waals surface area contributed by atoms with Crippen molar-refractivity contribution in [1.29, 1.82) is 0 Å². The number of pyridine rings is 1. The summed E-state index contributed by atoms with van der Waals surface area (Å²) in [5.41, 5.74) is 1.76. The molecule has 5 heteroatoms. The van der Waals surface area contributed by atoms with Crippen LogP contribution in [0.25, 0.3) is 0 Å². The van der Waals surface area contributed by atoms with E-state index in [0.717, 1.165) is 42.9 Å². The number of aromatic nitrogens is 1. The maximum Gasteiger partial charge on any atom is 0.255 e. The van der Waals surface area contributed by atoms with E-state index in [2.05, 4.69) is 24.0 Å². The Balaban J connectivity index is 1.66. The second kappa shape index (κ2) is 9.62. The SMILES string of the molecule is CCCCN(Cc1ccccc1)C(=O)c1ccc(OC2CCSC2)nc1. The molecule has 0 saturated carbocycles. The van der Waals surface area contributed by atoms with Gasteiger partial charge in [-0.1, -0.05) is 43.7 Å². The standard InChI is InChI=1S/C21H26N2O2S/c1-2-3-12-23(15-17-7-5-4-6-8-17)21(24)18-9-10-20(22-14-18)25-19-11-13-26-16-19/h4-10,14,19H,2-3,11-13,15-16H2,1H3. The largest absolute Gasteiger partial charge is 0.473 e. The normalized spacial score (nSPS) is 16.4. The first-order valence-electron chi connectivity index (χ1n) is 9.30. The van der Waals surface area contributed by atoms with Crippen molar-refractivity contribution in [2.24, 2.45) is 0 Å². The van der Waals surface area contributed by atoms with E-state index in [1.807, 2.05) is 47.0 Å².